The molecule has 0 aliphatic rings. The normalized spacial score (nSPS) is 10.5. The molecule has 0 bridgehead atoms. The van der Waals surface area contributed by atoms with Gasteiger partial charge in [-0.05, 0) is 12.1 Å². The maximum Gasteiger partial charge on any atom is 0.282 e. The maximum atomic E-state index is 11.2. The van der Waals surface area contributed by atoms with Crippen molar-refractivity contribution in [2.45, 2.75) is 6.54 Å². The van der Waals surface area contributed by atoms with E-state index in [9.17, 15) is 10.1 Å². The molecule has 8 nitrogen and oxygen atoms in total. The molecule has 2 aromatic carbocycles. The smallest absolute Gasteiger partial charge is 0.282 e. The molecule has 0 saturated heterocycles. The highest BCUT2D eigenvalue weighted by Crippen LogP contribution is 2.33. The van der Waals surface area contributed by atoms with E-state index in [1.54, 1.807) is 7.11 Å². The minimum Gasteiger partial charge on any atom is -0.496 e. The van der Waals surface area contributed by atoms with Gasteiger partial charge in [-0.1, -0.05) is 18.2 Å². The first-order valence-electron chi connectivity index (χ1n) is 7.39. The molecule has 0 spiro atoms. The van der Waals surface area contributed by atoms with Crippen molar-refractivity contribution in [3.63, 3.8) is 0 Å². The lowest BCUT2D eigenvalue weighted by Gasteiger charge is -2.09. The van der Waals surface area contributed by atoms with E-state index in [0.29, 0.717) is 17.9 Å². The number of hydrogen-bond acceptors (Lipinski definition) is 7. The third kappa shape index (κ3) is 4.37. The number of rotatable bonds is 8. The fraction of sp³-hybridized carbons (Fsp3) is 0.235. The number of para-hydroxylation sites is 1. The van der Waals surface area contributed by atoms with Crippen molar-refractivity contribution in [2.24, 2.45) is 5.10 Å². The van der Waals surface area contributed by atoms with E-state index in [-0.39, 0.29) is 11.4 Å². The Balaban J connectivity index is 2.18. The van der Waals surface area contributed by atoms with Gasteiger partial charge in [-0.25, -0.2) is 0 Å². The zero-order chi connectivity index (χ0) is 18.2. The Morgan fingerprint density at radius 3 is 2.36 bits per heavy atom. The van der Waals surface area contributed by atoms with Gasteiger partial charge in [0.1, 0.15) is 5.75 Å². The first-order valence-corrected chi connectivity index (χ1v) is 7.39. The lowest BCUT2D eigenvalue weighted by molar-refractivity contribution is -0.385. The predicted octanol–water partition coefficient (Wildman–Crippen LogP) is 2.74. The molecule has 0 atom stereocenters. The van der Waals surface area contributed by atoms with Gasteiger partial charge in [-0.15, -0.1) is 0 Å². The standard InChI is InChI=1S/C17H19N3O5/c1-23-15-7-5-4-6-12(15)10-18-19-11-13-8-16(24-2)17(25-3)9-14(13)20(21)22/h4-9,11,18H,10H2,1-3H3/b19-11+. The van der Waals surface area contributed by atoms with Crippen LogP contribution in [-0.4, -0.2) is 32.5 Å². The second kappa shape index (κ2) is 8.53. The van der Waals surface area contributed by atoms with Crippen molar-refractivity contribution < 1.29 is 19.1 Å². The fourth-order valence-electron chi connectivity index (χ4n) is 2.24. The molecule has 25 heavy (non-hydrogen) atoms. The quantitative estimate of drug-likeness (QED) is 0.449. The van der Waals surface area contributed by atoms with Gasteiger partial charge in [0.25, 0.3) is 5.69 Å². The minimum atomic E-state index is -0.496. The van der Waals surface area contributed by atoms with Gasteiger partial charge >= 0.3 is 0 Å². The summed E-state index contributed by atoms with van der Waals surface area (Å²) in [5.41, 5.74) is 3.95. The Kier molecular flexibility index (Phi) is 6.16. The van der Waals surface area contributed by atoms with Crippen molar-refractivity contribution >= 4 is 11.9 Å². The van der Waals surface area contributed by atoms with Crippen molar-refractivity contribution in [1.29, 1.82) is 0 Å². The van der Waals surface area contributed by atoms with E-state index in [0.717, 1.165) is 11.3 Å². The third-order valence-electron chi connectivity index (χ3n) is 3.49. The zero-order valence-electron chi connectivity index (χ0n) is 14.2. The largest absolute Gasteiger partial charge is 0.496 e. The number of ether oxygens (including phenoxy) is 3. The summed E-state index contributed by atoms with van der Waals surface area (Å²) in [4.78, 5) is 10.7. The monoisotopic (exact) mass is 345 g/mol. The van der Waals surface area contributed by atoms with Gasteiger partial charge in [0.2, 0.25) is 0 Å². The van der Waals surface area contributed by atoms with E-state index in [4.69, 9.17) is 14.2 Å². The molecule has 0 heterocycles. The van der Waals surface area contributed by atoms with Gasteiger partial charge in [0, 0.05) is 5.56 Å². The Labute approximate surface area is 145 Å². The zero-order valence-corrected chi connectivity index (χ0v) is 14.2. The summed E-state index contributed by atoms with van der Waals surface area (Å²) in [6, 6.07) is 10.3. The summed E-state index contributed by atoms with van der Waals surface area (Å²) in [5, 5.41) is 15.3. The summed E-state index contributed by atoms with van der Waals surface area (Å²) in [6.45, 7) is 0.418. The Morgan fingerprint density at radius 1 is 1.08 bits per heavy atom. The number of hydrogen-bond donors (Lipinski definition) is 1. The molecule has 0 aliphatic heterocycles. The van der Waals surface area contributed by atoms with Crippen LogP contribution in [0.2, 0.25) is 0 Å². The van der Waals surface area contributed by atoms with Crippen molar-refractivity contribution in [1.82, 2.24) is 5.43 Å². The summed E-state index contributed by atoms with van der Waals surface area (Å²) >= 11 is 0. The number of nitrogens with one attached hydrogen (secondary N) is 1. The summed E-state index contributed by atoms with van der Waals surface area (Å²) in [6.07, 6.45) is 1.37. The molecule has 1 N–H and O–H groups in total. The molecule has 2 aromatic rings. The average Bonchev–Trinajstić information content (AvgIpc) is 2.64. The lowest BCUT2D eigenvalue weighted by Crippen LogP contribution is -2.07. The number of methoxy groups -OCH3 is 3. The molecule has 8 heteroatoms. The van der Waals surface area contributed by atoms with Gasteiger partial charge in [-0.2, -0.15) is 5.10 Å². The van der Waals surface area contributed by atoms with E-state index < -0.39 is 4.92 Å². The van der Waals surface area contributed by atoms with Crippen LogP contribution in [0.25, 0.3) is 0 Å². The van der Waals surface area contributed by atoms with E-state index >= 15 is 0 Å². The van der Waals surface area contributed by atoms with Crippen molar-refractivity contribution in [3.05, 3.63) is 57.6 Å². The topological polar surface area (TPSA) is 95.2 Å². The first-order chi connectivity index (χ1) is 12.1. The highest BCUT2D eigenvalue weighted by molar-refractivity contribution is 5.86. The van der Waals surface area contributed by atoms with Crippen LogP contribution in [0, 0.1) is 10.1 Å². The van der Waals surface area contributed by atoms with Crippen LogP contribution >= 0.6 is 0 Å². The van der Waals surface area contributed by atoms with Crippen molar-refractivity contribution in [3.8, 4) is 17.2 Å². The van der Waals surface area contributed by atoms with Crippen LogP contribution in [0.3, 0.4) is 0 Å². The van der Waals surface area contributed by atoms with Crippen LogP contribution in [-0.2, 0) is 6.54 Å². The Morgan fingerprint density at radius 2 is 1.72 bits per heavy atom. The van der Waals surface area contributed by atoms with Crippen LogP contribution in [0.4, 0.5) is 5.69 Å². The number of nitro groups is 1. The third-order valence-corrected chi connectivity index (χ3v) is 3.49. The van der Waals surface area contributed by atoms with E-state index in [1.165, 1.54) is 32.6 Å². The Hall–Kier alpha value is -3.29. The second-order valence-corrected chi connectivity index (χ2v) is 4.93. The highest BCUT2D eigenvalue weighted by Gasteiger charge is 2.18. The fourth-order valence-corrected chi connectivity index (χ4v) is 2.24. The predicted molar refractivity (Wildman–Crippen MR) is 93.6 cm³/mol. The molecule has 0 fully saturated rings. The van der Waals surface area contributed by atoms with Crippen LogP contribution < -0.4 is 19.6 Å². The average molecular weight is 345 g/mol. The van der Waals surface area contributed by atoms with Gasteiger partial charge in [-0.3, -0.25) is 10.1 Å². The van der Waals surface area contributed by atoms with Gasteiger partial charge in [0.05, 0.1) is 50.6 Å². The van der Waals surface area contributed by atoms with E-state index in [1.807, 2.05) is 24.3 Å². The van der Waals surface area contributed by atoms with Crippen LogP contribution in [0.5, 0.6) is 17.2 Å². The number of nitrogens with zero attached hydrogens (tertiary/aromatic N) is 2. The molecular formula is C17H19N3O5. The molecule has 0 radical (unpaired) electrons. The molecule has 0 aliphatic carbocycles. The molecular weight excluding hydrogens is 326 g/mol. The summed E-state index contributed by atoms with van der Waals surface area (Å²) in [7, 11) is 4.48. The number of nitro benzene ring substituents is 1. The van der Waals surface area contributed by atoms with Crippen LogP contribution in [0.1, 0.15) is 11.1 Å². The molecule has 132 valence electrons. The summed E-state index contributed by atoms with van der Waals surface area (Å²) < 4.78 is 15.5. The van der Waals surface area contributed by atoms with Gasteiger partial charge in [0.15, 0.2) is 11.5 Å². The highest BCUT2D eigenvalue weighted by atomic mass is 16.6. The number of hydrazone groups is 1. The SMILES string of the molecule is COc1ccccc1CN/N=C/c1cc(OC)c(OC)cc1[N+](=O)[O-]. The molecule has 0 amide bonds. The maximum absolute atomic E-state index is 11.2. The van der Waals surface area contributed by atoms with Crippen LogP contribution in [0.15, 0.2) is 41.5 Å². The van der Waals surface area contributed by atoms with Crippen molar-refractivity contribution in [2.75, 3.05) is 21.3 Å². The second-order valence-electron chi connectivity index (χ2n) is 4.93. The molecule has 0 aromatic heterocycles. The molecule has 0 saturated carbocycles. The first kappa shape index (κ1) is 18.1. The number of benzene rings is 2. The molecule has 0 unspecified atom stereocenters. The summed E-state index contributed by atoms with van der Waals surface area (Å²) in [5.74, 6) is 1.41. The van der Waals surface area contributed by atoms with Gasteiger partial charge < -0.3 is 19.6 Å². The Bertz CT molecular complexity index is 777. The lowest BCUT2D eigenvalue weighted by atomic mass is 10.1. The minimum absolute atomic E-state index is 0.125. The molecule has 2 rings (SSSR count). The van der Waals surface area contributed by atoms with E-state index in [2.05, 4.69) is 10.5 Å².